The number of methoxy groups -OCH3 is 2. The molecule has 2 bridgehead atoms. The van der Waals surface area contributed by atoms with E-state index >= 15 is 0 Å². The van der Waals surface area contributed by atoms with Gasteiger partial charge in [0.15, 0.2) is 17.3 Å². The summed E-state index contributed by atoms with van der Waals surface area (Å²) in [4.78, 5) is 27.2. The number of aromatic nitrogens is 1. The smallest absolute Gasteiger partial charge is 0.250 e. The SMILES string of the molecule is COc1ccc(C(=O)CN2CC3C[C@@H](C2)c2cccc(=O)n2C3)cc1OC.Cl. The Morgan fingerprint density at radius 2 is 1.86 bits per heavy atom. The van der Waals surface area contributed by atoms with Gasteiger partial charge in [0.1, 0.15) is 0 Å². The van der Waals surface area contributed by atoms with E-state index in [-0.39, 0.29) is 23.7 Å². The number of Topliss-reactive ketones (excluding diaryl/α,β-unsaturated/α-hetero) is 1. The molecule has 7 heteroatoms. The van der Waals surface area contributed by atoms with E-state index in [1.807, 2.05) is 16.7 Å². The van der Waals surface area contributed by atoms with Crippen LogP contribution in [0.5, 0.6) is 11.5 Å². The number of piperidine rings is 1. The highest BCUT2D eigenvalue weighted by atomic mass is 35.5. The molecule has 1 aromatic carbocycles. The van der Waals surface area contributed by atoms with Crippen LogP contribution in [-0.4, -0.2) is 49.1 Å². The maximum absolute atomic E-state index is 12.8. The molecule has 1 aromatic heterocycles. The molecule has 4 rings (SSSR count). The Labute approximate surface area is 170 Å². The summed E-state index contributed by atoms with van der Waals surface area (Å²) in [6.45, 7) is 2.77. The zero-order valence-corrected chi connectivity index (χ0v) is 16.9. The van der Waals surface area contributed by atoms with E-state index in [2.05, 4.69) is 4.90 Å². The number of hydrogen-bond acceptors (Lipinski definition) is 5. The molecule has 1 saturated heterocycles. The minimum atomic E-state index is 0. The number of fused-ring (bicyclic) bond motifs is 4. The third-order valence-electron chi connectivity index (χ3n) is 5.63. The summed E-state index contributed by atoms with van der Waals surface area (Å²) in [6.07, 6.45) is 1.09. The van der Waals surface area contributed by atoms with Crippen LogP contribution in [0, 0.1) is 5.92 Å². The highest BCUT2D eigenvalue weighted by Gasteiger charge is 2.35. The van der Waals surface area contributed by atoms with Crippen molar-refractivity contribution in [2.75, 3.05) is 33.9 Å². The maximum Gasteiger partial charge on any atom is 0.250 e. The van der Waals surface area contributed by atoms with Gasteiger partial charge < -0.3 is 14.0 Å². The molecule has 3 heterocycles. The summed E-state index contributed by atoms with van der Waals surface area (Å²) in [5.74, 6) is 1.97. The van der Waals surface area contributed by atoms with Gasteiger partial charge >= 0.3 is 0 Å². The van der Waals surface area contributed by atoms with E-state index in [1.54, 1.807) is 38.5 Å². The molecule has 2 atom stereocenters. The van der Waals surface area contributed by atoms with Gasteiger partial charge in [0.25, 0.3) is 5.56 Å². The fraction of sp³-hybridized carbons (Fsp3) is 0.429. The van der Waals surface area contributed by atoms with Crippen molar-refractivity contribution in [1.82, 2.24) is 9.47 Å². The Balaban J connectivity index is 0.00000225. The first kappa shape index (κ1) is 20.4. The van der Waals surface area contributed by atoms with Gasteiger partial charge in [-0.05, 0) is 36.6 Å². The van der Waals surface area contributed by atoms with E-state index in [9.17, 15) is 9.59 Å². The van der Waals surface area contributed by atoms with E-state index in [1.165, 1.54) is 0 Å². The van der Waals surface area contributed by atoms with Crippen molar-refractivity contribution in [3.63, 3.8) is 0 Å². The van der Waals surface area contributed by atoms with Crippen molar-refractivity contribution in [3.8, 4) is 11.5 Å². The average molecular weight is 405 g/mol. The molecule has 1 unspecified atom stereocenters. The van der Waals surface area contributed by atoms with E-state index in [0.717, 1.165) is 31.7 Å². The zero-order chi connectivity index (χ0) is 19.0. The molecule has 2 aliphatic rings. The molecule has 28 heavy (non-hydrogen) atoms. The van der Waals surface area contributed by atoms with Crippen molar-refractivity contribution in [1.29, 1.82) is 0 Å². The van der Waals surface area contributed by atoms with Gasteiger partial charge in [-0.1, -0.05) is 6.07 Å². The Morgan fingerprint density at radius 1 is 1.07 bits per heavy atom. The number of carbonyl (C=O) groups is 1. The lowest BCUT2D eigenvalue weighted by Crippen LogP contribution is -2.48. The third kappa shape index (κ3) is 3.80. The van der Waals surface area contributed by atoms with Gasteiger partial charge in [-0.3, -0.25) is 14.5 Å². The Kier molecular flexibility index (Phi) is 6.10. The molecule has 0 amide bonds. The molecule has 0 N–H and O–H groups in total. The summed E-state index contributed by atoms with van der Waals surface area (Å²) in [5.41, 5.74) is 1.80. The van der Waals surface area contributed by atoms with Gasteiger partial charge in [0.05, 0.1) is 20.8 Å². The van der Waals surface area contributed by atoms with Crippen molar-refractivity contribution < 1.29 is 14.3 Å². The number of halogens is 1. The summed E-state index contributed by atoms with van der Waals surface area (Å²) >= 11 is 0. The number of nitrogens with zero attached hydrogens (tertiary/aromatic N) is 2. The summed E-state index contributed by atoms with van der Waals surface area (Å²) in [5, 5.41) is 0. The predicted octanol–water partition coefficient (Wildman–Crippen LogP) is 2.59. The third-order valence-corrected chi connectivity index (χ3v) is 5.63. The minimum absolute atomic E-state index is 0. The number of rotatable bonds is 5. The van der Waals surface area contributed by atoms with Crippen LogP contribution in [0.3, 0.4) is 0 Å². The second kappa shape index (κ2) is 8.37. The van der Waals surface area contributed by atoms with Gasteiger partial charge in [0, 0.05) is 42.9 Å². The van der Waals surface area contributed by atoms with E-state index in [4.69, 9.17) is 9.47 Å². The molecule has 2 aromatic rings. The van der Waals surface area contributed by atoms with Crippen LogP contribution in [0.1, 0.15) is 28.4 Å². The minimum Gasteiger partial charge on any atom is -0.493 e. The molecule has 1 fully saturated rings. The molecule has 0 spiro atoms. The Morgan fingerprint density at radius 3 is 2.61 bits per heavy atom. The summed E-state index contributed by atoms with van der Waals surface area (Å²) in [6, 6.07) is 10.8. The van der Waals surface area contributed by atoms with Crippen LogP contribution in [-0.2, 0) is 6.54 Å². The second-order valence-electron chi connectivity index (χ2n) is 7.39. The molecule has 2 aliphatic heterocycles. The lowest BCUT2D eigenvalue weighted by molar-refractivity contribution is 0.0817. The first-order valence-corrected chi connectivity index (χ1v) is 9.26. The lowest BCUT2D eigenvalue weighted by atomic mass is 9.83. The molecular weight excluding hydrogens is 380 g/mol. The molecule has 0 aliphatic carbocycles. The second-order valence-corrected chi connectivity index (χ2v) is 7.39. The highest BCUT2D eigenvalue weighted by molar-refractivity contribution is 5.98. The molecule has 0 radical (unpaired) electrons. The van der Waals surface area contributed by atoms with Crippen LogP contribution in [0.15, 0.2) is 41.2 Å². The van der Waals surface area contributed by atoms with E-state index in [0.29, 0.717) is 35.4 Å². The van der Waals surface area contributed by atoms with Crippen LogP contribution < -0.4 is 15.0 Å². The predicted molar refractivity (Wildman–Crippen MR) is 109 cm³/mol. The monoisotopic (exact) mass is 404 g/mol. The average Bonchev–Trinajstić information content (AvgIpc) is 2.68. The highest BCUT2D eigenvalue weighted by Crippen LogP contribution is 2.35. The number of benzene rings is 1. The quantitative estimate of drug-likeness (QED) is 0.717. The lowest BCUT2D eigenvalue weighted by Gasteiger charge is -2.42. The number of ketones is 1. The van der Waals surface area contributed by atoms with Crippen molar-refractivity contribution >= 4 is 18.2 Å². The number of pyridine rings is 1. The van der Waals surface area contributed by atoms with Crippen molar-refractivity contribution in [2.24, 2.45) is 5.92 Å². The maximum atomic E-state index is 12.8. The van der Waals surface area contributed by atoms with Crippen molar-refractivity contribution in [3.05, 3.63) is 58.0 Å². The number of hydrogen-bond donors (Lipinski definition) is 0. The van der Waals surface area contributed by atoms with Crippen LogP contribution in [0.2, 0.25) is 0 Å². The first-order valence-electron chi connectivity index (χ1n) is 9.26. The number of likely N-dealkylation sites (tertiary alicyclic amines) is 1. The van der Waals surface area contributed by atoms with Gasteiger partial charge in [-0.25, -0.2) is 0 Å². The van der Waals surface area contributed by atoms with Gasteiger partial charge in [-0.2, -0.15) is 0 Å². The Bertz CT molecular complexity index is 927. The molecule has 6 nitrogen and oxygen atoms in total. The normalized spacial score (nSPS) is 20.6. The largest absolute Gasteiger partial charge is 0.493 e. The Hall–Kier alpha value is -2.31. The first-order chi connectivity index (χ1) is 13.1. The summed E-state index contributed by atoms with van der Waals surface area (Å²) in [7, 11) is 3.15. The zero-order valence-electron chi connectivity index (χ0n) is 16.1. The topological polar surface area (TPSA) is 60.8 Å². The fourth-order valence-corrected chi connectivity index (χ4v) is 4.43. The van der Waals surface area contributed by atoms with Crippen molar-refractivity contribution in [2.45, 2.75) is 18.9 Å². The standard InChI is InChI=1S/C21H24N2O4.ClH/c1-26-19-7-6-15(9-20(19)27-2)18(24)13-22-10-14-8-16(12-22)17-4-3-5-21(25)23(17)11-14;/h3-7,9,14,16H,8,10-13H2,1-2H3;1H/t14?,16-;/m0./s1. The molecule has 150 valence electrons. The van der Waals surface area contributed by atoms with Crippen LogP contribution in [0.4, 0.5) is 0 Å². The van der Waals surface area contributed by atoms with Crippen LogP contribution in [0.25, 0.3) is 0 Å². The molecule has 0 saturated carbocycles. The van der Waals surface area contributed by atoms with Crippen LogP contribution >= 0.6 is 12.4 Å². The molecular formula is C21H25ClN2O4. The number of carbonyl (C=O) groups excluding carboxylic acids is 1. The summed E-state index contributed by atoms with van der Waals surface area (Å²) < 4.78 is 12.5. The van der Waals surface area contributed by atoms with Gasteiger partial charge in [-0.15, -0.1) is 12.4 Å². The van der Waals surface area contributed by atoms with Gasteiger partial charge in [0.2, 0.25) is 0 Å². The number of ether oxygens (including phenoxy) is 2. The fourth-order valence-electron chi connectivity index (χ4n) is 4.43. The van der Waals surface area contributed by atoms with E-state index < -0.39 is 0 Å².